The molecule has 0 radical (unpaired) electrons. The van der Waals surface area contributed by atoms with E-state index in [1.165, 1.54) is 38.5 Å². The van der Waals surface area contributed by atoms with E-state index >= 15 is 0 Å². The lowest BCUT2D eigenvalue weighted by atomic mass is 10.1. The number of rotatable bonds is 10. The van der Waals surface area contributed by atoms with E-state index in [4.69, 9.17) is 0 Å². The van der Waals surface area contributed by atoms with Gasteiger partial charge in [-0.25, -0.2) is 9.52 Å². The van der Waals surface area contributed by atoms with Crippen LogP contribution in [0.25, 0.3) is 0 Å². The lowest BCUT2D eigenvalue weighted by Crippen LogP contribution is -2.22. The van der Waals surface area contributed by atoms with E-state index < -0.39 is 17.2 Å². The second-order valence-electron chi connectivity index (χ2n) is 3.91. The SMILES string of the molecule is C=CC(=O)OCCNS(=O)[O-].CCCCCCCC. The van der Waals surface area contributed by atoms with E-state index in [1.54, 1.807) is 0 Å². The molecule has 0 saturated carbocycles. The van der Waals surface area contributed by atoms with Gasteiger partial charge in [0.15, 0.2) is 0 Å². The van der Waals surface area contributed by atoms with Crippen LogP contribution in [0, 0.1) is 0 Å². The maximum Gasteiger partial charge on any atom is 0.330 e. The van der Waals surface area contributed by atoms with Gasteiger partial charge in [-0.15, -0.1) is 0 Å². The van der Waals surface area contributed by atoms with Crippen molar-refractivity contribution in [3.05, 3.63) is 12.7 Å². The van der Waals surface area contributed by atoms with Crippen molar-refractivity contribution in [1.29, 1.82) is 0 Å². The Kier molecular flexibility index (Phi) is 18.7. The van der Waals surface area contributed by atoms with Crippen molar-refractivity contribution in [3.63, 3.8) is 0 Å². The van der Waals surface area contributed by atoms with Crippen LogP contribution in [0.4, 0.5) is 0 Å². The summed E-state index contributed by atoms with van der Waals surface area (Å²) < 4.78 is 26.2. The third-order valence-corrected chi connectivity index (χ3v) is 2.63. The fourth-order valence-electron chi connectivity index (χ4n) is 1.19. The van der Waals surface area contributed by atoms with Gasteiger partial charge in [0.2, 0.25) is 0 Å². The molecule has 1 atom stereocenters. The van der Waals surface area contributed by atoms with Crippen LogP contribution in [-0.2, 0) is 20.8 Å². The van der Waals surface area contributed by atoms with E-state index in [1.807, 2.05) is 4.72 Å². The van der Waals surface area contributed by atoms with Crippen LogP contribution in [0.2, 0.25) is 0 Å². The van der Waals surface area contributed by atoms with Crippen LogP contribution < -0.4 is 4.72 Å². The van der Waals surface area contributed by atoms with Crippen molar-refractivity contribution in [2.45, 2.75) is 52.4 Å². The third-order valence-electron chi connectivity index (χ3n) is 2.19. The van der Waals surface area contributed by atoms with E-state index in [9.17, 15) is 13.6 Å². The highest BCUT2D eigenvalue weighted by Crippen LogP contribution is 2.03. The number of hydrogen-bond acceptors (Lipinski definition) is 4. The molecule has 0 aromatic carbocycles. The molecule has 0 aliphatic heterocycles. The monoisotopic (exact) mass is 292 g/mol. The third kappa shape index (κ3) is 22.9. The number of nitrogens with one attached hydrogen (secondary N) is 1. The van der Waals surface area contributed by atoms with Crippen LogP contribution in [0.1, 0.15) is 52.4 Å². The second kappa shape index (κ2) is 17.3. The highest BCUT2D eigenvalue weighted by atomic mass is 32.2. The average Bonchev–Trinajstić information content (AvgIpc) is 2.40. The first kappa shape index (κ1) is 20.6. The van der Waals surface area contributed by atoms with Gasteiger partial charge >= 0.3 is 5.97 Å². The molecule has 6 heteroatoms. The minimum Gasteiger partial charge on any atom is -0.760 e. The molecule has 0 rings (SSSR count). The van der Waals surface area contributed by atoms with E-state index in [2.05, 4.69) is 25.2 Å². The molecule has 19 heavy (non-hydrogen) atoms. The smallest absolute Gasteiger partial charge is 0.330 e. The molecule has 0 aromatic heterocycles. The molecule has 0 saturated heterocycles. The first-order valence-corrected chi connectivity index (χ1v) is 7.77. The summed E-state index contributed by atoms with van der Waals surface area (Å²) in [7, 11) is 0. The Balaban J connectivity index is 0. The Morgan fingerprint density at radius 1 is 1.26 bits per heavy atom. The maximum absolute atomic E-state index is 10.3. The molecular formula is C13H26NO4S-. The fourth-order valence-corrected chi connectivity index (χ4v) is 1.44. The average molecular weight is 292 g/mol. The number of unbranched alkanes of at least 4 members (excludes halogenated alkanes) is 5. The Morgan fingerprint density at radius 2 is 1.79 bits per heavy atom. The number of esters is 1. The summed E-state index contributed by atoms with van der Waals surface area (Å²) in [6, 6.07) is 0. The molecule has 0 aliphatic rings. The van der Waals surface area contributed by atoms with Crippen LogP contribution in [0.3, 0.4) is 0 Å². The van der Waals surface area contributed by atoms with Gasteiger partial charge in [-0.05, 0) is 0 Å². The second-order valence-corrected chi connectivity index (χ2v) is 4.67. The number of ether oxygens (including phenoxy) is 1. The summed E-state index contributed by atoms with van der Waals surface area (Å²) in [5.41, 5.74) is 0. The predicted molar refractivity (Wildman–Crippen MR) is 77.1 cm³/mol. The van der Waals surface area contributed by atoms with Gasteiger partial charge in [-0.2, -0.15) is 0 Å². The summed E-state index contributed by atoms with van der Waals surface area (Å²) >= 11 is -2.30. The molecule has 0 amide bonds. The first-order valence-electron chi connectivity index (χ1n) is 6.70. The van der Waals surface area contributed by atoms with Gasteiger partial charge in [0.1, 0.15) is 6.61 Å². The standard InChI is InChI=1S/C8H18.C5H9NO4S/c1-3-5-7-8-6-4-2;1-2-5(7)10-4-3-6-11(8)9/h3-8H2,1-2H3;2,6H,1,3-4H2,(H,8,9)/p-1. The molecule has 1 unspecified atom stereocenters. The summed E-state index contributed by atoms with van der Waals surface area (Å²) in [5, 5.41) is 0. The summed E-state index contributed by atoms with van der Waals surface area (Å²) in [4.78, 5) is 10.3. The van der Waals surface area contributed by atoms with Gasteiger partial charge in [0.05, 0.1) is 0 Å². The molecule has 1 N–H and O–H groups in total. The highest BCUT2D eigenvalue weighted by Gasteiger charge is 1.92. The van der Waals surface area contributed by atoms with E-state index in [0.717, 1.165) is 6.08 Å². The number of hydrogen-bond donors (Lipinski definition) is 1. The van der Waals surface area contributed by atoms with Crippen LogP contribution in [0.15, 0.2) is 12.7 Å². The van der Waals surface area contributed by atoms with Gasteiger partial charge < -0.3 is 9.29 Å². The Morgan fingerprint density at radius 3 is 2.16 bits per heavy atom. The number of carbonyl (C=O) groups excluding carboxylic acids is 1. The van der Waals surface area contributed by atoms with Crippen molar-refractivity contribution < 1.29 is 18.3 Å². The maximum atomic E-state index is 10.3. The molecule has 0 fully saturated rings. The fraction of sp³-hybridized carbons (Fsp3) is 0.769. The van der Waals surface area contributed by atoms with Crippen molar-refractivity contribution in [2.75, 3.05) is 13.2 Å². The summed E-state index contributed by atoms with van der Waals surface area (Å²) in [6.45, 7) is 7.76. The van der Waals surface area contributed by atoms with Crippen LogP contribution >= 0.6 is 0 Å². The minimum atomic E-state index is -2.30. The molecular weight excluding hydrogens is 266 g/mol. The zero-order valence-electron chi connectivity index (χ0n) is 12.0. The van der Waals surface area contributed by atoms with Gasteiger partial charge in [-0.1, -0.05) is 59.0 Å². The van der Waals surface area contributed by atoms with E-state index in [-0.39, 0.29) is 13.2 Å². The van der Waals surface area contributed by atoms with Crippen molar-refractivity contribution in [2.24, 2.45) is 0 Å². The van der Waals surface area contributed by atoms with Crippen LogP contribution in [-0.4, -0.2) is 27.9 Å². The summed E-state index contributed by atoms with van der Waals surface area (Å²) in [6.07, 6.45) is 9.50. The molecule has 0 heterocycles. The van der Waals surface area contributed by atoms with Crippen LogP contribution in [0.5, 0.6) is 0 Å². The molecule has 5 nitrogen and oxygen atoms in total. The minimum absolute atomic E-state index is 0.0127. The van der Waals surface area contributed by atoms with Crippen molar-refractivity contribution in [1.82, 2.24) is 4.72 Å². The molecule has 0 aliphatic carbocycles. The zero-order valence-corrected chi connectivity index (χ0v) is 12.8. The Hall–Kier alpha value is -0.720. The first-order chi connectivity index (χ1) is 9.08. The van der Waals surface area contributed by atoms with Gasteiger partial charge in [0, 0.05) is 23.9 Å². The predicted octanol–water partition coefficient (Wildman–Crippen LogP) is 2.47. The Bertz CT molecular complexity index is 241. The number of carbonyl (C=O) groups is 1. The lowest BCUT2D eigenvalue weighted by Gasteiger charge is -2.06. The summed E-state index contributed by atoms with van der Waals surface area (Å²) in [5.74, 6) is -0.566. The molecule has 0 spiro atoms. The van der Waals surface area contributed by atoms with E-state index in [0.29, 0.717) is 0 Å². The topological polar surface area (TPSA) is 78.5 Å². The quantitative estimate of drug-likeness (QED) is 0.290. The zero-order chi connectivity index (χ0) is 14.9. The van der Waals surface area contributed by atoms with Gasteiger partial charge in [0.25, 0.3) is 0 Å². The lowest BCUT2D eigenvalue weighted by molar-refractivity contribution is -0.137. The Labute approximate surface area is 119 Å². The highest BCUT2D eigenvalue weighted by molar-refractivity contribution is 7.77. The normalized spacial score (nSPS) is 11.1. The molecule has 0 aromatic rings. The largest absolute Gasteiger partial charge is 0.760 e. The van der Waals surface area contributed by atoms with Crippen molar-refractivity contribution in [3.8, 4) is 0 Å². The molecule has 0 bridgehead atoms. The van der Waals surface area contributed by atoms with Crippen molar-refractivity contribution >= 4 is 17.2 Å². The molecule has 114 valence electrons. The van der Waals surface area contributed by atoms with Gasteiger partial charge in [-0.3, -0.25) is 4.21 Å².